The summed E-state index contributed by atoms with van der Waals surface area (Å²) >= 11 is 0. The lowest BCUT2D eigenvalue weighted by Gasteiger charge is -2.22. The van der Waals surface area contributed by atoms with Crippen LogP contribution in [0.25, 0.3) is 11.3 Å². The molecule has 3 heteroatoms. The van der Waals surface area contributed by atoms with Crippen LogP contribution in [0.4, 0.5) is 5.82 Å². The fraction of sp³-hybridized carbons (Fsp3) is 0.500. The molecule has 2 N–H and O–H groups in total. The fourth-order valence-corrected chi connectivity index (χ4v) is 2.87. The van der Waals surface area contributed by atoms with E-state index in [0.717, 1.165) is 17.3 Å². The molecular formula is C18H27N3. The van der Waals surface area contributed by atoms with E-state index >= 15 is 0 Å². The highest BCUT2D eigenvalue weighted by molar-refractivity contribution is 5.76. The van der Waals surface area contributed by atoms with Gasteiger partial charge >= 0.3 is 0 Å². The van der Waals surface area contributed by atoms with Crippen molar-refractivity contribution in [2.45, 2.75) is 59.9 Å². The first-order valence-corrected chi connectivity index (χ1v) is 7.59. The van der Waals surface area contributed by atoms with Gasteiger partial charge in [-0.05, 0) is 38.8 Å². The zero-order chi connectivity index (χ0) is 15.9. The number of aryl methyl sites for hydroxylation is 2. The van der Waals surface area contributed by atoms with Crippen molar-refractivity contribution in [3.8, 4) is 11.3 Å². The number of nitrogens with zero attached hydrogens (tertiary/aromatic N) is 2. The average molecular weight is 285 g/mol. The molecule has 0 radical (unpaired) electrons. The van der Waals surface area contributed by atoms with Gasteiger partial charge in [0, 0.05) is 17.0 Å². The summed E-state index contributed by atoms with van der Waals surface area (Å²) < 4.78 is 2.17. The standard InChI is InChI=1S/C18H27N3/c1-11(2)21-16(19)15(20-17(21)18(5,6)7)14-12(3)9-8-10-13(14)4/h8-11H,19H2,1-7H3. The molecule has 114 valence electrons. The molecule has 21 heavy (non-hydrogen) atoms. The van der Waals surface area contributed by atoms with Gasteiger partial charge in [-0.3, -0.25) is 0 Å². The summed E-state index contributed by atoms with van der Waals surface area (Å²) in [5.74, 6) is 1.82. The number of nitrogens with two attached hydrogens (primary N) is 1. The predicted octanol–water partition coefficient (Wildman–Crippen LogP) is 4.63. The van der Waals surface area contributed by atoms with Crippen LogP contribution >= 0.6 is 0 Å². The third-order valence-corrected chi connectivity index (χ3v) is 3.85. The molecule has 0 unspecified atom stereocenters. The van der Waals surface area contributed by atoms with Crippen LogP contribution in [-0.4, -0.2) is 9.55 Å². The van der Waals surface area contributed by atoms with Gasteiger partial charge < -0.3 is 10.3 Å². The summed E-state index contributed by atoms with van der Waals surface area (Å²) in [5, 5.41) is 0. The van der Waals surface area contributed by atoms with Crippen LogP contribution in [0.3, 0.4) is 0 Å². The van der Waals surface area contributed by atoms with Crippen molar-refractivity contribution in [1.82, 2.24) is 9.55 Å². The van der Waals surface area contributed by atoms with Crippen LogP contribution in [0.15, 0.2) is 18.2 Å². The first-order chi connectivity index (χ1) is 9.64. The van der Waals surface area contributed by atoms with E-state index in [1.54, 1.807) is 0 Å². The number of aromatic nitrogens is 2. The van der Waals surface area contributed by atoms with Gasteiger partial charge in [0.05, 0.1) is 0 Å². The highest BCUT2D eigenvalue weighted by Crippen LogP contribution is 2.36. The maximum atomic E-state index is 6.47. The Labute approximate surface area is 128 Å². The molecule has 0 saturated carbocycles. The Hall–Kier alpha value is -1.77. The van der Waals surface area contributed by atoms with E-state index in [9.17, 15) is 0 Å². The lowest BCUT2D eigenvalue weighted by atomic mass is 9.95. The molecule has 0 aliphatic carbocycles. The normalized spacial score (nSPS) is 12.2. The SMILES string of the molecule is Cc1cccc(C)c1-c1nc(C(C)(C)C)n(C(C)C)c1N. The Bertz CT molecular complexity index is 638. The van der Waals surface area contributed by atoms with Crippen molar-refractivity contribution in [2.75, 3.05) is 5.73 Å². The van der Waals surface area contributed by atoms with Crippen LogP contribution in [0.2, 0.25) is 0 Å². The van der Waals surface area contributed by atoms with Crippen molar-refractivity contribution in [3.05, 3.63) is 35.2 Å². The fourth-order valence-electron chi connectivity index (χ4n) is 2.87. The lowest BCUT2D eigenvalue weighted by Crippen LogP contribution is -2.21. The minimum absolute atomic E-state index is 0.0345. The van der Waals surface area contributed by atoms with Crippen LogP contribution in [0.5, 0.6) is 0 Å². The van der Waals surface area contributed by atoms with E-state index in [1.165, 1.54) is 16.7 Å². The number of anilines is 1. The zero-order valence-electron chi connectivity index (χ0n) is 14.3. The maximum Gasteiger partial charge on any atom is 0.132 e. The summed E-state index contributed by atoms with van der Waals surface area (Å²) in [6.07, 6.45) is 0. The van der Waals surface area contributed by atoms with Crippen molar-refractivity contribution < 1.29 is 0 Å². The molecule has 2 aromatic rings. The average Bonchev–Trinajstić information content (AvgIpc) is 2.67. The van der Waals surface area contributed by atoms with Gasteiger partial charge in [-0.15, -0.1) is 0 Å². The molecule has 1 aromatic heterocycles. The van der Waals surface area contributed by atoms with Gasteiger partial charge in [0.1, 0.15) is 17.3 Å². The topological polar surface area (TPSA) is 43.8 Å². The maximum absolute atomic E-state index is 6.47. The van der Waals surface area contributed by atoms with Gasteiger partial charge in [0.15, 0.2) is 0 Å². The van der Waals surface area contributed by atoms with Crippen LogP contribution < -0.4 is 5.73 Å². The Balaban J connectivity index is 2.78. The van der Waals surface area contributed by atoms with Crippen LogP contribution in [0.1, 0.15) is 57.6 Å². The summed E-state index contributed by atoms with van der Waals surface area (Å²) in [6.45, 7) is 15.1. The number of benzene rings is 1. The van der Waals surface area contributed by atoms with E-state index in [2.05, 4.69) is 71.2 Å². The van der Waals surface area contributed by atoms with Gasteiger partial charge in [-0.25, -0.2) is 4.98 Å². The number of hydrogen-bond donors (Lipinski definition) is 1. The molecule has 1 aromatic carbocycles. The second-order valence-corrected chi connectivity index (χ2v) is 7.15. The Morgan fingerprint density at radius 2 is 1.62 bits per heavy atom. The Morgan fingerprint density at radius 1 is 1.10 bits per heavy atom. The van der Waals surface area contributed by atoms with Crippen LogP contribution in [-0.2, 0) is 5.41 Å². The van der Waals surface area contributed by atoms with Gasteiger partial charge in [-0.2, -0.15) is 0 Å². The Kier molecular flexibility index (Phi) is 3.87. The number of nitrogen functional groups attached to an aromatic ring is 1. The molecule has 0 saturated heterocycles. The number of imidazole rings is 1. The molecule has 1 heterocycles. The minimum Gasteiger partial charge on any atom is -0.383 e. The second-order valence-electron chi connectivity index (χ2n) is 7.15. The van der Waals surface area contributed by atoms with Crippen molar-refractivity contribution in [1.29, 1.82) is 0 Å². The molecule has 2 rings (SSSR count). The molecule has 0 aliphatic rings. The first kappa shape index (κ1) is 15.6. The second kappa shape index (κ2) is 5.21. The van der Waals surface area contributed by atoms with Crippen molar-refractivity contribution in [2.24, 2.45) is 0 Å². The first-order valence-electron chi connectivity index (χ1n) is 7.59. The third-order valence-electron chi connectivity index (χ3n) is 3.85. The van der Waals surface area contributed by atoms with E-state index in [4.69, 9.17) is 10.7 Å². The Morgan fingerprint density at radius 3 is 2.00 bits per heavy atom. The number of hydrogen-bond acceptors (Lipinski definition) is 2. The van der Waals surface area contributed by atoms with Crippen LogP contribution in [0, 0.1) is 13.8 Å². The van der Waals surface area contributed by atoms with E-state index < -0.39 is 0 Å². The minimum atomic E-state index is -0.0345. The molecule has 0 fully saturated rings. The van der Waals surface area contributed by atoms with Gasteiger partial charge in [-0.1, -0.05) is 39.0 Å². The molecule has 0 bridgehead atoms. The molecule has 0 atom stereocenters. The summed E-state index contributed by atoms with van der Waals surface area (Å²) in [5.41, 5.74) is 11.0. The molecular weight excluding hydrogens is 258 g/mol. The highest BCUT2D eigenvalue weighted by atomic mass is 15.2. The zero-order valence-corrected chi connectivity index (χ0v) is 14.3. The molecule has 0 aliphatic heterocycles. The van der Waals surface area contributed by atoms with E-state index in [-0.39, 0.29) is 5.41 Å². The highest BCUT2D eigenvalue weighted by Gasteiger charge is 2.27. The van der Waals surface area contributed by atoms with Crippen molar-refractivity contribution in [3.63, 3.8) is 0 Å². The number of rotatable bonds is 2. The molecule has 3 nitrogen and oxygen atoms in total. The lowest BCUT2D eigenvalue weighted by molar-refractivity contribution is 0.473. The van der Waals surface area contributed by atoms with Gasteiger partial charge in [0.2, 0.25) is 0 Å². The quantitative estimate of drug-likeness (QED) is 0.874. The smallest absolute Gasteiger partial charge is 0.132 e. The summed E-state index contributed by atoms with van der Waals surface area (Å²) in [4.78, 5) is 4.93. The largest absolute Gasteiger partial charge is 0.383 e. The molecule has 0 spiro atoms. The third kappa shape index (κ3) is 2.69. The van der Waals surface area contributed by atoms with Crippen molar-refractivity contribution >= 4 is 5.82 Å². The van der Waals surface area contributed by atoms with E-state index in [1.807, 2.05) is 0 Å². The summed E-state index contributed by atoms with van der Waals surface area (Å²) in [7, 11) is 0. The monoisotopic (exact) mass is 285 g/mol. The molecule has 0 amide bonds. The van der Waals surface area contributed by atoms with Gasteiger partial charge in [0.25, 0.3) is 0 Å². The van der Waals surface area contributed by atoms with E-state index in [0.29, 0.717) is 6.04 Å². The predicted molar refractivity (Wildman–Crippen MR) is 90.6 cm³/mol. The summed E-state index contributed by atoms with van der Waals surface area (Å²) in [6, 6.07) is 6.61.